The van der Waals surface area contributed by atoms with Crippen LogP contribution in [0.2, 0.25) is 0 Å². The first-order valence-corrected chi connectivity index (χ1v) is 5.71. The maximum atomic E-state index is 9.43. The van der Waals surface area contributed by atoms with E-state index in [1.807, 2.05) is 12.1 Å². The fourth-order valence-corrected chi connectivity index (χ4v) is 2.19. The lowest BCUT2D eigenvalue weighted by Crippen LogP contribution is -2.38. The minimum Gasteiger partial charge on any atom is -0.508 e. The predicted molar refractivity (Wildman–Crippen MR) is 63.3 cm³/mol. The second-order valence-corrected chi connectivity index (χ2v) is 4.71. The molecule has 0 spiro atoms. The first kappa shape index (κ1) is 10.3. The van der Waals surface area contributed by atoms with Crippen LogP contribution in [-0.4, -0.2) is 18.2 Å². The topological polar surface area (TPSA) is 23.5 Å². The summed E-state index contributed by atoms with van der Waals surface area (Å²) in [6, 6.07) is 7.55. The number of nitrogens with zero attached hydrogens (tertiary/aromatic N) is 1. The molecule has 2 atom stereocenters. The van der Waals surface area contributed by atoms with E-state index >= 15 is 0 Å². The molecule has 0 radical (unpaired) electrons. The third kappa shape index (κ3) is 2.25. The largest absolute Gasteiger partial charge is 0.508 e. The number of piperidine rings is 1. The fraction of sp³-hybridized carbons (Fsp3) is 0.538. The highest BCUT2D eigenvalue weighted by Gasteiger charge is 2.22. The van der Waals surface area contributed by atoms with Crippen LogP contribution < -0.4 is 4.90 Å². The standard InChI is InChI=1S/C13H19NO/c1-10-6-7-14(9-11(10)2)12-4-3-5-13(15)8-12/h3-5,8,10-11,15H,6-7,9H2,1-2H3/t10-,11+/m1/s1. The Morgan fingerprint density at radius 2 is 2.07 bits per heavy atom. The van der Waals surface area contributed by atoms with Gasteiger partial charge in [-0.2, -0.15) is 0 Å². The Morgan fingerprint density at radius 3 is 2.73 bits per heavy atom. The van der Waals surface area contributed by atoms with Crippen molar-refractivity contribution >= 4 is 5.69 Å². The third-order valence-electron chi connectivity index (χ3n) is 3.53. The van der Waals surface area contributed by atoms with Gasteiger partial charge in [-0.3, -0.25) is 0 Å². The van der Waals surface area contributed by atoms with Crippen LogP contribution in [0.3, 0.4) is 0 Å². The molecular weight excluding hydrogens is 186 g/mol. The Labute approximate surface area is 91.5 Å². The van der Waals surface area contributed by atoms with Crippen LogP contribution in [0.5, 0.6) is 5.75 Å². The SMILES string of the molecule is C[C@@H]1CCN(c2cccc(O)c2)C[C@@H]1C. The van der Waals surface area contributed by atoms with E-state index in [2.05, 4.69) is 24.8 Å². The smallest absolute Gasteiger partial charge is 0.117 e. The number of anilines is 1. The van der Waals surface area contributed by atoms with Crippen molar-refractivity contribution in [2.24, 2.45) is 11.8 Å². The zero-order valence-corrected chi connectivity index (χ0v) is 9.48. The highest BCUT2D eigenvalue weighted by molar-refractivity contribution is 5.50. The average Bonchev–Trinajstić information content (AvgIpc) is 2.22. The molecule has 0 saturated carbocycles. The highest BCUT2D eigenvalue weighted by Crippen LogP contribution is 2.28. The molecule has 1 aromatic carbocycles. The van der Waals surface area contributed by atoms with Gasteiger partial charge >= 0.3 is 0 Å². The van der Waals surface area contributed by atoms with E-state index < -0.39 is 0 Å². The van der Waals surface area contributed by atoms with E-state index in [9.17, 15) is 5.11 Å². The van der Waals surface area contributed by atoms with Crippen molar-refractivity contribution in [3.05, 3.63) is 24.3 Å². The molecule has 1 N–H and O–H groups in total. The average molecular weight is 205 g/mol. The summed E-state index contributed by atoms with van der Waals surface area (Å²) in [6.07, 6.45) is 1.25. The first-order valence-electron chi connectivity index (χ1n) is 5.71. The molecule has 2 nitrogen and oxygen atoms in total. The quantitative estimate of drug-likeness (QED) is 0.762. The normalized spacial score (nSPS) is 26.7. The zero-order valence-electron chi connectivity index (χ0n) is 9.48. The summed E-state index contributed by atoms with van der Waals surface area (Å²) in [5.41, 5.74) is 1.15. The first-order chi connectivity index (χ1) is 7.16. The molecule has 0 aliphatic carbocycles. The second kappa shape index (κ2) is 4.13. The van der Waals surface area contributed by atoms with E-state index in [1.54, 1.807) is 6.07 Å². The van der Waals surface area contributed by atoms with Gasteiger partial charge in [0, 0.05) is 24.8 Å². The minimum absolute atomic E-state index is 0.360. The summed E-state index contributed by atoms with van der Waals surface area (Å²) in [5, 5.41) is 9.43. The Hall–Kier alpha value is -1.18. The number of rotatable bonds is 1. The molecule has 0 amide bonds. The van der Waals surface area contributed by atoms with Gasteiger partial charge in [0.15, 0.2) is 0 Å². The number of phenolic OH excluding ortho intramolecular Hbond substituents is 1. The van der Waals surface area contributed by atoms with Gasteiger partial charge in [-0.1, -0.05) is 19.9 Å². The van der Waals surface area contributed by atoms with Gasteiger partial charge in [0.2, 0.25) is 0 Å². The van der Waals surface area contributed by atoms with Gasteiger partial charge in [-0.25, -0.2) is 0 Å². The monoisotopic (exact) mass is 205 g/mol. The van der Waals surface area contributed by atoms with Crippen LogP contribution >= 0.6 is 0 Å². The molecule has 1 aliphatic heterocycles. The molecule has 82 valence electrons. The number of benzene rings is 1. The van der Waals surface area contributed by atoms with Crippen LogP contribution in [0.25, 0.3) is 0 Å². The zero-order chi connectivity index (χ0) is 10.8. The summed E-state index contributed by atoms with van der Waals surface area (Å²) in [4.78, 5) is 2.37. The van der Waals surface area contributed by atoms with Crippen molar-refractivity contribution in [1.29, 1.82) is 0 Å². The Balaban J connectivity index is 2.12. The summed E-state index contributed by atoms with van der Waals surface area (Å²) in [5.74, 6) is 1.92. The number of hydrogen-bond donors (Lipinski definition) is 1. The van der Waals surface area contributed by atoms with Crippen LogP contribution in [0, 0.1) is 11.8 Å². The van der Waals surface area contributed by atoms with E-state index in [0.717, 1.165) is 30.6 Å². The molecule has 1 aromatic rings. The van der Waals surface area contributed by atoms with Crippen molar-refractivity contribution in [3.8, 4) is 5.75 Å². The lowest BCUT2D eigenvalue weighted by molar-refractivity contribution is 0.324. The maximum absolute atomic E-state index is 9.43. The van der Waals surface area contributed by atoms with E-state index in [1.165, 1.54) is 6.42 Å². The summed E-state index contributed by atoms with van der Waals surface area (Å²) >= 11 is 0. The Morgan fingerprint density at radius 1 is 1.27 bits per heavy atom. The van der Waals surface area contributed by atoms with Gasteiger partial charge in [0.05, 0.1) is 0 Å². The van der Waals surface area contributed by atoms with E-state index in [0.29, 0.717) is 5.75 Å². The van der Waals surface area contributed by atoms with E-state index in [-0.39, 0.29) is 0 Å². The molecule has 1 aliphatic rings. The molecular formula is C13H19NO. The van der Waals surface area contributed by atoms with Gasteiger partial charge < -0.3 is 10.0 Å². The Bertz CT molecular complexity index is 337. The van der Waals surface area contributed by atoms with Crippen LogP contribution in [-0.2, 0) is 0 Å². The summed E-state index contributed by atoms with van der Waals surface area (Å²) < 4.78 is 0. The van der Waals surface area contributed by atoms with Crippen LogP contribution in [0.15, 0.2) is 24.3 Å². The number of phenols is 1. The summed E-state index contributed by atoms with van der Waals surface area (Å²) in [6.45, 7) is 6.84. The lowest BCUT2D eigenvalue weighted by atomic mass is 9.88. The van der Waals surface area contributed by atoms with E-state index in [4.69, 9.17) is 0 Å². The molecule has 2 heteroatoms. The fourth-order valence-electron chi connectivity index (χ4n) is 2.19. The highest BCUT2D eigenvalue weighted by atomic mass is 16.3. The molecule has 1 heterocycles. The molecule has 0 bridgehead atoms. The second-order valence-electron chi connectivity index (χ2n) is 4.71. The van der Waals surface area contributed by atoms with Gasteiger partial charge in [0.25, 0.3) is 0 Å². The summed E-state index contributed by atoms with van der Waals surface area (Å²) in [7, 11) is 0. The third-order valence-corrected chi connectivity index (χ3v) is 3.53. The molecule has 0 unspecified atom stereocenters. The molecule has 1 saturated heterocycles. The van der Waals surface area contributed by atoms with Crippen molar-refractivity contribution in [3.63, 3.8) is 0 Å². The van der Waals surface area contributed by atoms with Crippen molar-refractivity contribution in [2.75, 3.05) is 18.0 Å². The van der Waals surface area contributed by atoms with Gasteiger partial charge in [-0.05, 0) is 30.4 Å². The maximum Gasteiger partial charge on any atom is 0.117 e. The van der Waals surface area contributed by atoms with Crippen molar-refractivity contribution in [1.82, 2.24) is 0 Å². The van der Waals surface area contributed by atoms with Crippen LogP contribution in [0.1, 0.15) is 20.3 Å². The molecule has 2 rings (SSSR count). The lowest BCUT2D eigenvalue weighted by Gasteiger charge is -2.36. The molecule has 15 heavy (non-hydrogen) atoms. The predicted octanol–water partition coefficient (Wildman–Crippen LogP) is 2.87. The molecule has 0 aromatic heterocycles. The van der Waals surface area contributed by atoms with Gasteiger partial charge in [0.1, 0.15) is 5.75 Å². The van der Waals surface area contributed by atoms with Gasteiger partial charge in [-0.15, -0.1) is 0 Å². The molecule has 1 fully saturated rings. The Kier molecular flexibility index (Phi) is 2.85. The van der Waals surface area contributed by atoms with Crippen LogP contribution in [0.4, 0.5) is 5.69 Å². The number of hydrogen-bond acceptors (Lipinski definition) is 2. The number of aromatic hydroxyl groups is 1. The van der Waals surface area contributed by atoms with Crippen molar-refractivity contribution in [2.45, 2.75) is 20.3 Å². The minimum atomic E-state index is 0.360. The van der Waals surface area contributed by atoms with Crippen molar-refractivity contribution < 1.29 is 5.11 Å².